The molecule has 9 heteroatoms. The minimum atomic E-state index is -4.87. The van der Waals surface area contributed by atoms with E-state index in [1.807, 2.05) is 0 Å². The highest BCUT2D eigenvalue weighted by atomic mass is 19.4. The number of aliphatic hydroxyl groups is 1. The molecule has 0 fully saturated rings. The molecule has 0 atom stereocenters. The first-order valence-corrected chi connectivity index (χ1v) is 5.67. The number of hydrogen-bond donors (Lipinski definition) is 2. The van der Waals surface area contributed by atoms with Gasteiger partial charge < -0.3 is 20.1 Å². The van der Waals surface area contributed by atoms with Crippen LogP contribution in [0.5, 0.6) is 5.75 Å². The second kappa shape index (κ2) is 5.44. The average Bonchev–Trinajstić information content (AvgIpc) is 2.83. The summed E-state index contributed by atoms with van der Waals surface area (Å²) in [7, 11) is 0. The van der Waals surface area contributed by atoms with Gasteiger partial charge in [-0.25, -0.2) is 9.97 Å². The van der Waals surface area contributed by atoms with Crippen LogP contribution in [0.15, 0.2) is 25.0 Å². The highest BCUT2D eigenvalue weighted by molar-refractivity contribution is 5.64. The lowest BCUT2D eigenvalue weighted by atomic mass is 10.2. The zero-order chi connectivity index (χ0) is 15.6. The first-order chi connectivity index (χ1) is 9.84. The lowest BCUT2D eigenvalue weighted by Gasteiger charge is -2.11. The molecular weight excluding hydrogens is 289 g/mol. The molecule has 2 heterocycles. The predicted molar refractivity (Wildman–Crippen MR) is 68.9 cm³/mol. The van der Waals surface area contributed by atoms with Gasteiger partial charge in [-0.2, -0.15) is 0 Å². The molecule has 0 radical (unpaired) electrons. The molecule has 2 rings (SSSR count). The van der Waals surface area contributed by atoms with Gasteiger partial charge in [0.05, 0.1) is 5.69 Å². The van der Waals surface area contributed by atoms with Crippen LogP contribution in [0.1, 0.15) is 5.82 Å². The molecule has 3 N–H and O–H groups in total. The molecule has 0 aromatic carbocycles. The van der Waals surface area contributed by atoms with Crippen LogP contribution >= 0.6 is 0 Å². The fourth-order valence-electron chi connectivity index (χ4n) is 1.65. The topological polar surface area (TPSA) is 86.2 Å². The number of nitrogens with zero attached hydrogens (tertiary/aromatic N) is 3. The second-order valence-corrected chi connectivity index (χ2v) is 3.95. The van der Waals surface area contributed by atoms with E-state index in [0.29, 0.717) is 5.69 Å². The van der Waals surface area contributed by atoms with E-state index in [2.05, 4.69) is 21.3 Å². The molecule has 0 aliphatic heterocycles. The summed E-state index contributed by atoms with van der Waals surface area (Å²) in [5.41, 5.74) is 5.91. The molecule has 0 unspecified atom stereocenters. The highest BCUT2D eigenvalue weighted by Crippen LogP contribution is 2.31. The zero-order valence-electron chi connectivity index (χ0n) is 10.6. The number of hydrogen-bond acceptors (Lipinski definition) is 5. The summed E-state index contributed by atoms with van der Waals surface area (Å²) < 4.78 is 42.0. The third kappa shape index (κ3) is 3.31. The quantitative estimate of drug-likeness (QED) is 0.902. The number of aromatic nitrogens is 3. The number of imidazole rings is 1. The first-order valence-electron chi connectivity index (χ1n) is 5.67. The summed E-state index contributed by atoms with van der Waals surface area (Å²) >= 11 is 0. The van der Waals surface area contributed by atoms with Crippen molar-refractivity contribution in [1.29, 1.82) is 0 Å². The zero-order valence-corrected chi connectivity index (χ0v) is 10.6. The Labute approximate surface area is 117 Å². The fourth-order valence-corrected chi connectivity index (χ4v) is 1.65. The number of aliphatic hydroxyl groups excluding tert-OH is 1. The molecule has 21 heavy (non-hydrogen) atoms. The molecule has 0 spiro atoms. The van der Waals surface area contributed by atoms with Crippen molar-refractivity contribution < 1.29 is 23.0 Å². The van der Waals surface area contributed by atoms with Crippen molar-refractivity contribution in [3.8, 4) is 17.0 Å². The van der Waals surface area contributed by atoms with Gasteiger partial charge in [-0.3, -0.25) is 0 Å². The van der Waals surface area contributed by atoms with E-state index in [4.69, 9.17) is 10.8 Å². The van der Waals surface area contributed by atoms with Gasteiger partial charge in [0, 0.05) is 24.2 Å². The van der Waals surface area contributed by atoms with Crippen LogP contribution in [0.2, 0.25) is 0 Å². The minimum Gasteiger partial charge on any atom is -0.402 e. The number of alkyl halides is 3. The van der Waals surface area contributed by atoms with Crippen LogP contribution in [0, 0.1) is 0 Å². The number of anilines is 1. The molecular formula is C12H11F3N4O2. The number of nitrogens with two attached hydrogens (primary N) is 1. The van der Waals surface area contributed by atoms with E-state index in [9.17, 15) is 13.2 Å². The number of rotatable bonds is 4. The van der Waals surface area contributed by atoms with Gasteiger partial charge in [-0.15, -0.1) is 13.2 Å². The van der Waals surface area contributed by atoms with Crippen molar-refractivity contribution in [3.05, 3.63) is 30.9 Å². The number of ether oxygens (including phenoxy) is 1. The van der Waals surface area contributed by atoms with Gasteiger partial charge in [-0.05, 0) is 6.07 Å². The van der Waals surface area contributed by atoms with Crippen LogP contribution < -0.4 is 10.5 Å². The van der Waals surface area contributed by atoms with Gasteiger partial charge in [0.1, 0.15) is 12.4 Å². The summed E-state index contributed by atoms with van der Waals surface area (Å²) in [5.74, 6) is -0.713. The summed E-state index contributed by atoms with van der Waals surface area (Å²) in [5, 5.41) is 9.12. The largest absolute Gasteiger partial charge is 0.573 e. The van der Waals surface area contributed by atoms with Crippen LogP contribution in [0.25, 0.3) is 17.5 Å². The Morgan fingerprint density at radius 3 is 2.71 bits per heavy atom. The smallest absolute Gasteiger partial charge is 0.402 e. The van der Waals surface area contributed by atoms with Crippen molar-refractivity contribution in [2.75, 3.05) is 5.73 Å². The Morgan fingerprint density at radius 2 is 2.19 bits per heavy atom. The molecule has 0 amide bonds. The highest BCUT2D eigenvalue weighted by Gasteiger charge is 2.32. The normalized spacial score (nSPS) is 11.4. The summed E-state index contributed by atoms with van der Waals surface area (Å²) in [6, 6.07) is 1.08. The third-order valence-corrected chi connectivity index (χ3v) is 2.55. The van der Waals surface area contributed by atoms with Crippen LogP contribution in [-0.2, 0) is 6.61 Å². The second-order valence-electron chi connectivity index (χ2n) is 3.95. The standard InChI is InChI=1S/C12H11F3N4O2/c1-2-19-5-8(18-10(19)6-20)7-3-9(11(16)17-4-7)21-12(13,14)15/h2-5,20H,1,6H2,(H2,16,17). The van der Waals surface area contributed by atoms with Crippen molar-refractivity contribution in [1.82, 2.24) is 14.5 Å². The number of nitrogen functional groups attached to an aromatic ring is 1. The Kier molecular flexibility index (Phi) is 3.85. The molecule has 0 aliphatic carbocycles. The van der Waals surface area contributed by atoms with E-state index in [1.54, 1.807) is 0 Å². The van der Waals surface area contributed by atoms with Gasteiger partial charge in [0.15, 0.2) is 11.6 Å². The lowest BCUT2D eigenvalue weighted by Crippen LogP contribution is -2.18. The Hall–Kier alpha value is -2.55. The van der Waals surface area contributed by atoms with E-state index in [1.165, 1.54) is 23.2 Å². The predicted octanol–water partition coefficient (Wildman–Crippen LogP) is 2.02. The van der Waals surface area contributed by atoms with Crippen molar-refractivity contribution in [2.24, 2.45) is 0 Å². The van der Waals surface area contributed by atoms with Gasteiger partial charge in [-0.1, -0.05) is 6.58 Å². The van der Waals surface area contributed by atoms with Crippen molar-refractivity contribution in [2.45, 2.75) is 13.0 Å². The number of pyridine rings is 1. The van der Waals surface area contributed by atoms with E-state index in [-0.39, 0.29) is 23.8 Å². The third-order valence-electron chi connectivity index (χ3n) is 2.55. The molecule has 0 saturated heterocycles. The molecule has 0 bridgehead atoms. The molecule has 112 valence electrons. The van der Waals surface area contributed by atoms with Crippen LogP contribution in [0.3, 0.4) is 0 Å². The van der Waals surface area contributed by atoms with E-state index in [0.717, 1.165) is 6.07 Å². The van der Waals surface area contributed by atoms with Crippen LogP contribution in [-0.4, -0.2) is 26.0 Å². The molecule has 2 aromatic rings. The Balaban J connectivity index is 2.43. The Morgan fingerprint density at radius 1 is 1.48 bits per heavy atom. The fraction of sp³-hybridized carbons (Fsp3) is 0.167. The Bertz CT molecular complexity index is 667. The monoisotopic (exact) mass is 300 g/mol. The van der Waals surface area contributed by atoms with Crippen molar-refractivity contribution >= 4 is 12.0 Å². The minimum absolute atomic E-state index is 0.263. The molecule has 2 aromatic heterocycles. The van der Waals surface area contributed by atoms with Gasteiger partial charge >= 0.3 is 6.36 Å². The lowest BCUT2D eigenvalue weighted by molar-refractivity contribution is -0.274. The summed E-state index contributed by atoms with van der Waals surface area (Å²) in [4.78, 5) is 7.71. The molecule has 6 nitrogen and oxygen atoms in total. The SMILES string of the molecule is C=Cn1cc(-c2cnc(N)c(OC(F)(F)F)c2)nc1CO. The van der Waals surface area contributed by atoms with Gasteiger partial charge in [0.2, 0.25) is 0 Å². The van der Waals surface area contributed by atoms with E-state index < -0.39 is 12.1 Å². The van der Waals surface area contributed by atoms with Crippen molar-refractivity contribution in [3.63, 3.8) is 0 Å². The van der Waals surface area contributed by atoms with Gasteiger partial charge in [0.25, 0.3) is 0 Å². The first kappa shape index (κ1) is 14.9. The summed E-state index contributed by atoms with van der Waals surface area (Å²) in [6.45, 7) is 3.18. The maximum absolute atomic E-state index is 12.3. The molecule has 0 saturated carbocycles. The summed E-state index contributed by atoms with van der Waals surface area (Å²) in [6.07, 6.45) is -0.719. The maximum Gasteiger partial charge on any atom is 0.573 e. The average molecular weight is 300 g/mol. The van der Waals surface area contributed by atoms with E-state index >= 15 is 0 Å². The number of halogens is 3. The molecule has 0 aliphatic rings. The maximum atomic E-state index is 12.3. The van der Waals surface area contributed by atoms with Crippen LogP contribution in [0.4, 0.5) is 19.0 Å².